The molecule has 0 aromatic carbocycles. The van der Waals surface area contributed by atoms with Gasteiger partial charge in [0.05, 0.1) is 31.5 Å². The first-order chi connectivity index (χ1) is 6.03. The van der Waals surface area contributed by atoms with Crippen molar-refractivity contribution in [1.82, 2.24) is 4.90 Å². The number of hydrogen-bond acceptors (Lipinski definition) is 4. The van der Waals surface area contributed by atoms with E-state index in [1.807, 2.05) is 0 Å². The van der Waals surface area contributed by atoms with E-state index in [1.165, 1.54) is 0 Å². The smallest absolute Gasteiger partial charge is 0.0718 e. The molecule has 0 aromatic heterocycles. The van der Waals surface area contributed by atoms with Crippen LogP contribution in [0.15, 0.2) is 0 Å². The minimum Gasteiger partial charge on any atom is -0.395 e. The lowest BCUT2D eigenvalue weighted by Gasteiger charge is -2.37. The number of aliphatic hydroxyl groups is 2. The molecule has 4 nitrogen and oxygen atoms in total. The van der Waals surface area contributed by atoms with E-state index in [0.717, 1.165) is 6.54 Å². The van der Waals surface area contributed by atoms with Crippen molar-refractivity contribution in [2.45, 2.75) is 25.5 Å². The molecule has 0 aliphatic carbocycles. The zero-order chi connectivity index (χ0) is 9.90. The maximum absolute atomic E-state index is 9.62. The molecule has 0 aromatic rings. The molecule has 0 saturated carbocycles. The maximum Gasteiger partial charge on any atom is 0.0718 e. The fraction of sp³-hybridized carbons (Fsp3) is 1.00. The number of nitrogens with zero attached hydrogens (tertiary/aromatic N) is 1. The number of ether oxygens (including phenoxy) is 1. The van der Waals surface area contributed by atoms with Crippen molar-refractivity contribution in [2.75, 3.05) is 32.9 Å². The zero-order valence-corrected chi connectivity index (χ0v) is 8.36. The van der Waals surface area contributed by atoms with Gasteiger partial charge in [0.15, 0.2) is 0 Å². The van der Waals surface area contributed by atoms with E-state index < -0.39 is 5.60 Å². The standard InChI is InChI=1S/C9H19NO3/c1-9(2,12)7-10-3-4-13-6-8(10)5-11/h8,11-12H,3-7H2,1-2H3. The largest absolute Gasteiger partial charge is 0.395 e. The van der Waals surface area contributed by atoms with Gasteiger partial charge in [0.1, 0.15) is 0 Å². The van der Waals surface area contributed by atoms with Crippen LogP contribution in [0.1, 0.15) is 13.8 Å². The first kappa shape index (κ1) is 10.9. The van der Waals surface area contributed by atoms with Gasteiger partial charge in [0, 0.05) is 13.1 Å². The highest BCUT2D eigenvalue weighted by molar-refractivity contribution is 4.80. The van der Waals surface area contributed by atoms with Gasteiger partial charge in [-0.05, 0) is 13.8 Å². The molecule has 13 heavy (non-hydrogen) atoms. The second-order valence-electron chi connectivity index (χ2n) is 4.19. The lowest BCUT2D eigenvalue weighted by Crippen LogP contribution is -2.52. The molecule has 1 atom stereocenters. The van der Waals surface area contributed by atoms with E-state index in [2.05, 4.69) is 4.90 Å². The number of β-amino-alcohol motifs (C(OH)–C–C–N with tert-alkyl or cyclic N) is 1. The van der Waals surface area contributed by atoms with Crippen molar-refractivity contribution in [1.29, 1.82) is 0 Å². The van der Waals surface area contributed by atoms with Crippen LogP contribution in [0.3, 0.4) is 0 Å². The highest BCUT2D eigenvalue weighted by Crippen LogP contribution is 2.11. The summed E-state index contributed by atoms with van der Waals surface area (Å²) in [4.78, 5) is 2.07. The Morgan fingerprint density at radius 3 is 2.77 bits per heavy atom. The predicted molar refractivity (Wildman–Crippen MR) is 49.6 cm³/mol. The summed E-state index contributed by atoms with van der Waals surface area (Å²) in [6, 6.07) is 0.0418. The van der Waals surface area contributed by atoms with Crippen molar-refractivity contribution in [3.05, 3.63) is 0 Å². The fourth-order valence-electron chi connectivity index (χ4n) is 1.56. The summed E-state index contributed by atoms with van der Waals surface area (Å²) >= 11 is 0. The molecule has 1 rings (SSSR count). The third-order valence-electron chi connectivity index (χ3n) is 2.15. The van der Waals surface area contributed by atoms with E-state index in [4.69, 9.17) is 9.84 Å². The number of aliphatic hydroxyl groups excluding tert-OH is 1. The summed E-state index contributed by atoms with van der Waals surface area (Å²) < 4.78 is 5.23. The first-order valence-electron chi connectivity index (χ1n) is 4.68. The van der Waals surface area contributed by atoms with Crippen LogP contribution in [0, 0.1) is 0 Å². The summed E-state index contributed by atoms with van der Waals surface area (Å²) in [7, 11) is 0. The molecule has 1 aliphatic rings. The summed E-state index contributed by atoms with van der Waals surface area (Å²) in [6.07, 6.45) is 0. The zero-order valence-electron chi connectivity index (χ0n) is 8.36. The normalized spacial score (nSPS) is 26.3. The van der Waals surface area contributed by atoms with Crippen LogP contribution in [0.2, 0.25) is 0 Å². The number of rotatable bonds is 3. The summed E-state index contributed by atoms with van der Waals surface area (Å²) in [5, 5.41) is 18.7. The van der Waals surface area contributed by atoms with Crippen LogP contribution in [-0.4, -0.2) is 59.7 Å². The molecule has 2 N–H and O–H groups in total. The molecule has 1 heterocycles. The SMILES string of the molecule is CC(C)(O)CN1CCOCC1CO. The van der Waals surface area contributed by atoms with Crippen molar-refractivity contribution < 1.29 is 14.9 Å². The highest BCUT2D eigenvalue weighted by Gasteiger charge is 2.26. The quantitative estimate of drug-likeness (QED) is 0.625. The van der Waals surface area contributed by atoms with Gasteiger partial charge in [-0.15, -0.1) is 0 Å². The van der Waals surface area contributed by atoms with Gasteiger partial charge in [-0.25, -0.2) is 0 Å². The van der Waals surface area contributed by atoms with Crippen molar-refractivity contribution >= 4 is 0 Å². The monoisotopic (exact) mass is 189 g/mol. The average Bonchev–Trinajstić information content (AvgIpc) is 2.02. The van der Waals surface area contributed by atoms with Crippen molar-refractivity contribution in [2.24, 2.45) is 0 Å². The topological polar surface area (TPSA) is 52.9 Å². The first-order valence-corrected chi connectivity index (χ1v) is 4.68. The molecule has 0 radical (unpaired) electrons. The minimum absolute atomic E-state index is 0.0418. The van der Waals surface area contributed by atoms with E-state index in [1.54, 1.807) is 13.8 Å². The van der Waals surface area contributed by atoms with Crippen LogP contribution in [-0.2, 0) is 4.74 Å². The fourth-order valence-corrected chi connectivity index (χ4v) is 1.56. The van der Waals surface area contributed by atoms with Gasteiger partial charge in [-0.3, -0.25) is 4.90 Å². The van der Waals surface area contributed by atoms with Gasteiger partial charge in [-0.2, -0.15) is 0 Å². The van der Waals surface area contributed by atoms with Gasteiger partial charge >= 0.3 is 0 Å². The van der Waals surface area contributed by atoms with Gasteiger partial charge < -0.3 is 14.9 Å². The van der Waals surface area contributed by atoms with Crippen LogP contribution >= 0.6 is 0 Å². The van der Waals surface area contributed by atoms with Crippen LogP contribution in [0.5, 0.6) is 0 Å². The van der Waals surface area contributed by atoms with E-state index in [-0.39, 0.29) is 12.6 Å². The Bertz CT molecular complexity index is 155. The Morgan fingerprint density at radius 1 is 1.54 bits per heavy atom. The second kappa shape index (κ2) is 4.37. The number of hydrogen-bond donors (Lipinski definition) is 2. The number of morpholine rings is 1. The average molecular weight is 189 g/mol. The minimum atomic E-state index is -0.704. The Balaban J connectivity index is 2.45. The van der Waals surface area contributed by atoms with Crippen molar-refractivity contribution in [3.63, 3.8) is 0 Å². The second-order valence-corrected chi connectivity index (χ2v) is 4.19. The predicted octanol–water partition coefficient (Wildman–Crippen LogP) is -0.550. The molecule has 1 aliphatic heterocycles. The Morgan fingerprint density at radius 2 is 2.23 bits per heavy atom. The Kier molecular flexibility index (Phi) is 3.67. The molecular formula is C9H19NO3. The summed E-state index contributed by atoms with van der Waals surface area (Å²) in [6.45, 7) is 6.26. The van der Waals surface area contributed by atoms with Crippen LogP contribution < -0.4 is 0 Å². The molecule has 1 saturated heterocycles. The molecular weight excluding hydrogens is 170 g/mol. The molecule has 0 bridgehead atoms. The third kappa shape index (κ3) is 3.60. The van der Waals surface area contributed by atoms with Gasteiger partial charge in [0.2, 0.25) is 0 Å². The van der Waals surface area contributed by atoms with E-state index >= 15 is 0 Å². The molecule has 4 heteroatoms. The van der Waals surface area contributed by atoms with Crippen molar-refractivity contribution in [3.8, 4) is 0 Å². The summed E-state index contributed by atoms with van der Waals surface area (Å²) in [5.74, 6) is 0. The third-order valence-corrected chi connectivity index (χ3v) is 2.15. The molecule has 1 fully saturated rings. The lowest BCUT2D eigenvalue weighted by atomic mass is 10.1. The summed E-state index contributed by atoms with van der Waals surface area (Å²) in [5.41, 5.74) is -0.704. The molecule has 78 valence electrons. The van der Waals surface area contributed by atoms with Gasteiger partial charge in [0.25, 0.3) is 0 Å². The molecule has 0 spiro atoms. The highest BCUT2D eigenvalue weighted by atomic mass is 16.5. The van der Waals surface area contributed by atoms with Crippen LogP contribution in [0.25, 0.3) is 0 Å². The van der Waals surface area contributed by atoms with Gasteiger partial charge in [-0.1, -0.05) is 0 Å². The van der Waals surface area contributed by atoms with Crippen LogP contribution in [0.4, 0.5) is 0 Å². The van der Waals surface area contributed by atoms with E-state index in [0.29, 0.717) is 19.8 Å². The Labute approximate surface area is 79.1 Å². The van der Waals surface area contributed by atoms with E-state index in [9.17, 15) is 5.11 Å². The maximum atomic E-state index is 9.62. The molecule has 1 unspecified atom stereocenters. The Hall–Kier alpha value is -0.160. The lowest BCUT2D eigenvalue weighted by molar-refractivity contribution is -0.0606. The molecule has 0 amide bonds.